The van der Waals surface area contributed by atoms with Crippen molar-refractivity contribution >= 4 is 5.91 Å². The molecule has 0 aliphatic carbocycles. The first-order valence-electron chi connectivity index (χ1n) is 32.7. The number of aliphatic hydroxyl groups excluding tert-OH is 11. The molecule has 0 saturated carbocycles. The molecule has 0 aromatic heterocycles. The molecule has 0 spiro atoms. The molecule has 3 heterocycles. The van der Waals surface area contributed by atoms with Crippen molar-refractivity contribution in [3.63, 3.8) is 0 Å². The molecule has 3 rings (SSSR count). The first-order chi connectivity index (χ1) is 40.3. The van der Waals surface area contributed by atoms with Crippen LogP contribution >= 0.6 is 0 Å². The van der Waals surface area contributed by atoms with Crippen molar-refractivity contribution in [2.75, 3.05) is 26.4 Å². The van der Waals surface area contributed by atoms with Crippen LogP contribution < -0.4 is 5.32 Å². The van der Waals surface area contributed by atoms with E-state index in [-0.39, 0.29) is 18.9 Å². The summed E-state index contributed by atoms with van der Waals surface area (Å²) in [4.78, 5) is 13.3. The zero-order valence-electron chi connectivity index (χ0n) is 50.9. The Morgan fingerprint density at radius 1 is 0.422 bits per heavy atom. The highest BCUT2D eigenvalue weighted by molar-refractivity contribution is 5.76. The highest BCUT2D eigenvalue weighted by Crippen LogP contribution is 2.33. The maximum Gasteiger partial charge on any atom is 0.220 e. The van der Waals surface area contributed by atoms with Crippen molar-refractivity contribution in [1.82, 2.24) is 5.32 Å². The molecular weight excluding hydrogens is 1070 g/mol. The first-order valence-corrected chi connectivity index (χ1v) is 32.7. The fourth-order valence-corrected chi connectivity index (χ4v) is 11.0. The highest BCUT2D eigenvalue weighted by Gasteiger charge is 2.53. The molecule has 0 aromatic carbocycles. The predicted molar refractivity (Wildman–Crippen MR) is 319 cm³/mol. The van der Waals surface area contributed by atoms with Crippen LogP contribution in [0.5, 0.6) is 0 Å². The minimum atomic E-state index is -1.98. The Balaban J connectivity index is 1.48. The van der Waals surface area contributed by atoms with Crippen molar-refractivity contribution in [3.8, 4) is 0 Å². The van der Waals surface area contributed by atoms with Crippen LogP contribution in [0.2, 0.25) is 0 Å². The zero-order chi connectivity index (χ0) is 60.5. The van der Waals surface area contributed by atoms with Gasteiger partial charge in [-0.3, -0.25) is 4.79 Å². The van der Waals surface area contributed by atoms with Gasteiger partial charge in [-0.2, -0.15) is 0 Å². The van der Waals surface area contributed by atoms with Gasteiger partial charge in [-0.15, -0.1) is 0 Å². The Bertz CT molecular complexity index is 1660. The number of aliphatic hydroxyl groups is 11. The van der Waals surface area contributed by atoms with Gasteiger partial charge in [0.25, 0.3) is 0 Å². The van der Waals surface area contributed by atoms with E-state index in [1.807, 2.05) is 6.08 Å². The van der Waals surface area contributed by atoms with E-state index >= 15 is 0 Å². The maximum absolute atomic E-state index is 13.3. The minimum Gasteiger partial charge on any atom is -0.394 e. The molecule has 486 valence electrons. The number of hydrogen-bond donors (Lipinski definition) is 12. The first kappa shape index (κ1) is 75.3. The van der Waals surface area contributed by atoms with Crippen LogP contribution in [0.1, 0.15) is 232 Å². The fourth-order valence-electron chi connectivity index (χ4n) is 11.0. The molecule has 19 heteroatoms. The van der Waals surface area contributed by atoms with Crippen molar-refractivity contribution in [1.29, 1.82) is 0 Å². The molecule has 17 atom stereocenters. The lowest BCUT2D eigenvalue weighted by atomic mass is 9.96. The van der Waals surface area contributed by atoms with Crippen molar-refractivity contribution < 1.29 is 89.4 Å². The summed E-state index contributed by atoms with van der Waals surface area (Å²) in [7, 11) is 0. The Morgan fingerprint density at radius 3 is 1.20 bits per heavy atom. The Labute approximate surface area is 498 Å². The summed E-state index contributed by atoms with van der Waals surface area (Å²) < 4.78 is 34.3. The van der Waals surface area contributed by atoms with E-state index in [0.717, 1.165) is 44.9 Å². The molecule has 3 aliphatic heterocycles. The van der Waals surface area contributed by atoms with Gasteiger partial charge in [0.05, 0.1) is 38.6 Å². The van der Waals surface area contributed by atoms with E-state index in [1.165, 1.54) is 154 Å². The smallest absolute Gasteiger partial charge is 0.220 e. The Hall–Kier alpha value is -1.99. The summed E-state index contributed by atoms with van der Waals surface area (Å²) in [5, 5.41) is 120. The number of hydrogen-bond acceptors (Lipinski definition) is 18. The number of amides is 1. The summed E-state index contributed by atoms with van der Waals surface area (Å²) in [5.41, 5.74) is 0. The van der Waals surface area contributed by atoms with Gasteiger partial charge in [-0.25, -0.2) is 0 Å². The molecule has 12 N–H and O–H groups in total. The Kier molecular flexibility index (Phi) is 42.7. The van der Waals surface area contributed by atoms with Gasteiger partial charge in [0, 0.05) is 6.42 Å². The lowest BCUT2D eigenvalue weighted by molar-refractivity contribution is -0.379. The van der Waals surface area contributed by atoms with E-state index in [1.54, 1.807) is 6.08 Å². The predicted octanol–water partition coefficient (Wildman–Crippen LogP) is 7.27. The number of nitrogens with one attached hydrogen (secondary N) is 1. The highest BCUT2D eigenvalue weighted by atomic mass is 16.8. The van der Waals surface area contributed by atoms with E-state index < -0.39 is 124 Å². The summed E-state index contributed by atoms with van der Waals surface area (Å²) in [5.74, 6) is -0.288. The third-order valence-corrected chi connectivity index (χ3v) is 16.4. The van der Waals surface area contributed by atoms with Crippen LogP contribution in [-0.4, -0.2) is 193 Å². The second-order valence-electron chi connectivity index (χ2n) is 23.6. The molecule has 3 aliphatic rings. The molecule has 0 radical (unpaired) electrons. The van der Waals surface area contributed by atoms with Crippen LogP contribution in [0.3, 0.4) is 0 Å². The molecular formula is C64H117NO18. The molecule has 19 nitrogen and oxygen atoms in total. The van der Waals surface area contributed by atoms with E-state index in [9.17, 15) is 61.0 Å². The van der Waals surface area contributed by atoms with Crippen LogP contribution in [0.4, 0.5) is 0 Å². The van der Waals surface area contributed by atoms with Crippen LogP contribution in [-0.2, 0) is 33.2 Å². The fraction of sp³-hybridized carbons (Fsp3) is 0.891. The van der Waals surface area contributed by atoms with Crippen LogP contribution in [0, 0.1) is 0 Å². The SMILES string of the molecule is CCCCCCCCCCCCCCCC/C=C/CC/C=C/CC/C=C/C(O)C(COC1OC(CO)C(OC2OC(CO)C(OC3OC(CO)C(O)C(O)C3O)C(O)C2O)C(O)C1O)NC(=O)CCCCCCCCCCCCCCCC. The van der Waals surface area contributed by atoms with Crippen molar-refractivity contribution in [2.45, 2.75) is 336 Å². The molecule has 3 fully saturated rings. The normalized spacial score (nSPS) is 29.6. The van der Waals surface area contributed by atoms with Gasteiger partial charge in [-0.1, -0.05) is 217 Å². The topological polar surface area (TPSA) is 307 Å². The molecule has 0 aromatic rings. The van der Waals surface area contributed by atoms with Gasteiger partial charge in [0.15, 0.2) is 18.9 Å². The molecule has 0 bridgehead atoms. The largest absolute Gasteiger partial charge is 0.394 e. The number of carbonyl (C=O) groups excluding carboxylic acids is 1. The number of carbonyl (C=O) groups is 1. The molecule has 83 heavy (non-hydrogen) atoms. The average Bonchev–Trinajstić information content (AvgIpc) is 3.35. The summed E-state index contributed by atoms with van der Waals surface area (Å²) >= 11 is 0. The summed E-state index contributed by atoms with van der Waals surface area (Å²) in [6, 6.07) is -0.993. The van der Waals surface area contributed by atoms with Crippen LogP contribution in [0.15, 0.2) is 36.5 Å². The summed E-state index contributed by atoms with van der Waals surface area (Å²) in [6.07, 6.45) is 25.6. The van der Waals surface area contributed by atoms with Gasteiger partial charge in [0.1, 0.15) is 73.2 Å². The lowest BCUT2D eigenvalue weighted by Gasteiger charge is -2.48. The number of rotatable bonds is 49. The van der Waals surface area contributed by atoms with Gasteiger partial charge in [-0.05, 0) is 44.9 Å². The standard InChI is InChI=1S/C64H117NO18/c1-3-5-7-9-11-13-15-17-19-20-21-22-23-24-25-26-27-28-29-31-33-35-37-39-41-48(69)47(65-52(70)42-40-38-36-34-32-30-18-16-14-12-10-8-6-4-2)46-78-62-58(76)55(73)60(50(44-67)80-62)83-64-59(77)56(74)61(51(45-68)81-64)82-63-57(75)54(72)53(71)49(43-66)79-63/h26-27,31,33,39,41,47-51,53-64,66-69,71-77H,3-25,28-30,32,34-38,40,42-46H2,1-2H3,(H,65,70)/b27-26+,33-31+,41-39+. The van der Waals surface area contributed by atoms with Gasteiger partial charge < -0.3 is 89.9 Å². The third kappa shape index (κ3) is 30.2. The third-order valence-electron chi connectivity index (χ3n) is 16.4. The van der Waals surface area contributed by atoms with Crippen LogP contribution in [0.25, 0.3) is 0 Å². The summed E-state index contributed by atoms with van der Waals surface area (Å²) in [6.45, 7) is 1.71. The van der Waals surface area contributed by atoms with Crippen molar-refractivity contribution in [3.05, 3.63) is 36.5 Å². The maximum atomic E-state index is 13.3. The van der Waals surface area contributed by atoms with Crippen molar-refractivity contribution in [2.24, 2.45) is 0 Å². The average molecular weight is 1190 g/mol. The van der Waals surface area contributed by atoms with E-state index in [0.29, 0.717) is 12.8 Å². The molecule has 17 unspecified atom stereocenters. The quantitative estimate of drug-likeness (QED) is 0.0211. The monoisotopic (exact) mass is 1190 g/mol. The second-order valence-corrected chi connectivity index (χ2v) is 23.6. The van der Waals surface area contributed by atoms with E-state index in [4.69, 9.17) is 28.4 Å². The van der Waals surface area contributed by atoms with Gasteiger partial charge >= 0.3 is 0 Å². The van der Waals surface area contributed by atoms with E-state index in [2.05, 4.69) is 43.5 Å². The second kappa shape index (κ2) is 47.1. The number of ether oxygens (including phenoxy) is 6. The lowest BCUT2D eigenvalue weighted by Crippen LogP contribution is -2.66. The zero-order valence-corrected chi connectivity index (χ0v) is 50.9. The molecule has 1 amide bonds. The Morgan fingerprint density at radius 2 is 0.771 bits per heavy atom. The minimum absolute atomic E-state index is 0.235. The number of allylic oxidation sites excluding steroid dienone is 5. The number of unbranched alkanes of at least 4 members (excludes halogenated alkanes) is 29. The molecule has 3 saturated heterocycles. The van der Waals surface area contributed by atoms with Gasteiger partial charge in [0.2, 0.25) is 5.91 Å².